The summed E-state index contributed by atoms with van der Waals surface area (Å²) in [6.45, 7) is 0. The Balaban J connectivity index is 0.894. The Kier molecular flexibility index (Phi) is 9.92. The van der Waals surface area contributed by atoms with Crippen LogP contribution in [0.2, 0.25) is 0 Å². The van der Waals surface area contributed by atoms with Gasteiger partial charge in [0.15, 0.2) is 0 Å². The van der Waals surface area contributed by atoms with Crippen LogP contribution in [0.5, 0.6) is 0 Å². The van der Waals surface area contributed by atoms with Gasteiger partial charge in [-0.15, -0.1) is 0 Å². The first kappa shape index (κ1) is 41.5. The van der Waals surface area contributed by atoms with Crippen molar-refractivity contribution < 1.29 is 4.42 Å². The number of aromatic nitrogens is 1. The lowest BCUT2D eigenvalue weighted by molar-refractivity contribution is 0.568. The maximum atomic E-state index is 6.70. The minimum absolute atomic E-state index is 0.732. The zero-order valence-electron chi connectivity index (χ0n) is 39.4. The molecular formula is C69H46N2O. The Labute approximate surface area is 417 Å². The molecule has 0 amide bonds. The van der Waals surface area contributed by atoms with Gasteiger partial charge in [-0.2, -0.15) is 0 Å². The Morgan fingerprint density at radius 2 is 0.944 bits per heavy atom. The molecule has 14 rings (SSSR count). The topological polar surface area (TPSA) is 21.3 Å². The van der Waals surface area contributed by atoms with Crippen LogP contribution in [0.25, 0.3) is 106 Å². The van der Waals surface area contributed by atoms with Crippen molar-refractivity contribution in [2.75, 3.05) is 4.90 Å². The van der Waals surface area contributed by atoms with Gasteiger partial charge in [0.05, 0.1) is 16.7 Å². The van der Waals surface area contributed by atoms with Gasteiger partial charge in [-0.1, -0.05) is 194 Å². The van der Waals surface area contributed by atoms with Crippen molar-refractivity contribution in [3.8, 4) is 50.2 Å². The van der Waals surface area contributed by atoms with Crippen molar-refractivity contribution in [2.45, 2.75) is 6.42 Å². The van der Waals surface area contributed by atoms with E-state index in [1.165, 1.54) is 59.7 Å². The third kappa shape index (κ3) is 7.05. The highest BCUT2D eigenvalue weighted by Crippen LogP contribution is 2.46. The van der Waals surface area contributed by atoms with Gasteiger partial charge in [0.2, 0.25) is 0 Å². The first-order valence-corrected chi connectivity index (χ1v) is 24.8. The van der Waals surface area contributed by atoms with E-state index < -0.39 is 0 Å². The van der Waals surface area contributed by atoms with E-state index in [1.54, 1.807) is 0 Å². The summed E-state index contributed by atoms with van der Waals surface area (Å²) in [5.74, 6) is 0.987. The second kappa shape index (κ2) is 17.2. The summed E-state index contributed by atoms with van der Waals surface area (Å²) in [6.07, 6.45) is 5.33. The molecule has 338 valence electrons. The zero-order valence-corrected chi connectivity index (χ0v) is 39.4. The van der Waals surface area contributed by atoms with E-state index in [1.807, 2.05) is 0 Å². The smallest absolute Gasteiger partial charge is 0.135 e. The second-order valence-corrected chi connectivity index (χ2v) is 18.8. The van der Waals surface area contributed by atoms with Gasteiger partial charge in [0, 0.05) is 50.8 Å². The number of nitrogens with zero attached hydrogens (tertiary/aromatic N) is 2. The Morgan fingerprint density at radius 3 is 1.71 bits per heavy atom. The summed E-state index contributed by atoms with van der Waals surface area (Å²) >= 11 is 0. The molecule has 11 aromatic carbocycles. The van der Waals surface area contributed by atoms with Crippen LogP contribution >= 0.6 is 0 Å². The first-order chi connectivity index (χ1) is 35.7. The molecule has 0 aliphatic heterocycles. The van der Waals surface area contributed by atoms with Crippen LogP contribution in [-0.4, -0.2) is 4.57 Å². The number of hydrogen-bond donors (Lipinski definition) is 0. The van der Waals surface area contributed by atoms with E-state index in [-0.39, 0.29) is 0 Å². The van der Waals surface area contributed by atoms with Gasteiger partial charge in [0.25, 0.3) is 0 Å². The number of furan rings is 1. The highest BCUT2D eigenvalue weighted by Gasteiger charge is 2.23. The maximum Gasteiger partial charge on any atom is 0.135 e. The minimum Gasteiger partial charge on any atom is -0.460 e. The number of hydrogen-bond acceptors (Lipinski definition) is 2. The summed E-state index contributed by atoms with van der Waals surface area (Å²) in [4.78, 5) is 2.41. The Bertz CT molecular complexity index is 4310. The van der Waals surface area contributed by atoms with Crippen molar-refractivity contribution in [1.29, 1.82) is 0 Å². The molecule has 0 radical (unpaired) electrons. The molecule has 1 aliphatic carbocycles. The minimum atomic E-state index is 0.732. The van der Waals surface area contributed by atoms with Crippen LogP contribution in [0, 0.1) is 0 Å². The molecule has 72 heavy (non-hydrogen) atoms. The molecule has 0 spiro atoms. The molecule has 13 aromatic rings. The Hall–Kier alpha value is -9.44. The molecule has 0 N–H and O–H groups in total. The summed E-state index contributed by atoms with van der Waals surface area (Å²) in [5.41, 5.74) is 18.1. The van der Waals surface area contributed by atoms with E-state index in [0.29, 0.717) is 0 Å². The van der Waals surface area contributed by atoms with Crippen molar-refractivity contribution >= 4 is 72.8 Å². The zero-order chi connectivity index (χ0) is 47.5. The number of benzene rings is 11. The van der Waals surface area contributed by atoms with Crippen molar-refractivity contribution in [1.82, 2.24) is 4.57 Å². The average Bonchev–Trinajstić information content (AvgIpc) is 3.91. The number of anilines is 3. The summed E-state index contributed by atoms with van der Waals surface area (Å²) in [7, 11) is 0. The number of fused-ring (bicyclic) bond motifs is 8. The van der Waals surface area contributed by atoms with Crippen LogP contribution in [0.1, 0.15) is 11.3 Å². The second-order valence-electron chi connectivity index (χ2n) is 18.8. The molecule has 3 heteroatoms. The van der Waals surface area contributed by atoms with Crippen LogP contribution in [0.15, 0.2) is 259 Å². The van der Waals surface area contributed by atoms with Crippen LogP contribution in [0.3, 0.4) is 0 Å². The molecule has 0 saturated carbocycles. The van der Waals surface area contributed by atoms with Crippen LogP contribution in [0.4, 0.5) is 17.1 Å². The molecule has 0 atom stereocenters. The summed E-state index contributed by atoms with van der Waals surface area (Å²) in [5, 5.41) is 8.57. The molecule has 0 fully saturated rings. The molecule has 3 nitrogen and oxygen atoms in total. The highest BCUT2D eigenvalue weighted by molar-refractivity contribution is 6.09. The predicted octanol–water partition coefficient (Wildman–Crippen LogP) is 17.0. The first-order valence-electron chi connectivity index (χ1n) is 24.8. The number of para-hydroxylation sites is 3. The molecule has 2 aromatic heterocycles. The summed E-state index contributed by atoms with van der Waals surface area (Å²) < 4.78 is 9.09. The largest absolute Gasteiger partial charge is 0.460 e. The van der Waals surface area contributed by atoms with E-state index in [4.69, 9.17) is 4.42 Å². The fourth-order valence-corrected chi connectivity index (χ4v) is 11.2. The lowest BCUT2D eigenvalue weighted by Gasteiger charge is -2.28. The molecule has 2 heterocycles. The standard InChI is InChI=1S/C69H46N2O/c1-2-17-52-45-63-67(42-37-46(52)15-1)72-68-32-14-28-62(69(63)68)61-26-7-8-29-64(61)70(54-38-33-47(34-39-54)50-19-11-21-53(43-50)58-27-13-18-49-16-3-4-23-57(49)58)55-40-35-48(36-41-55)51-20-12-22-56(44-51)71-65-30-9-5-24-59(65)60-25-6-10-31-66(60)71/h1-41,43-45H,42H2. The van der Waals surface area contributed by atoms with Gasteiger partial charge < -0.3 is 13.9 Å². The average molecular weight is 919 g/mol. The lowest BCUT2D eigenvalue weighted by atomic mass is 9.94. The number of rotatable bonds is 8. The predicted molar refractivity (Wildman–Crippen MR) is 302 cm³/mol. The van der Waals surface area contributed by atoms with Gasteiger partial charge >= 0.3 is 0 Å². The highest BCUT2D eigenvalue weighted by atomic mass is 16.3. The quantitative estimate of drug-likeness (QED) is 0.151. The fraction of sp³-hybridized carbons (Fsp3) is 0.0145. The van der Waals surface area contributed by atoms with Gasteiger partial charge in [-0.3, -0.25) is 0 Å². The third-order valence-corrected chi connectivity index (χ3v) is 14.6. The fourth-order valence-electron chi connectivity index (χ4n) is 11.2. The lowest BCUT2D eigenvalue weighted by Crippen LogP contribution is -2.22. The molecule has 0 saturated heterocycles. The third-order valence-electron chi connectivity index (χ3n) is 14.6. The molecule has 1 aliphatic rings. The van der Waals surface area contributed by atoms with Gasteiger partial charge in [-0.25, -0.2) is 0 Å². The monoisotopic (exact) mass is 918 g/mol. The van der Waals surface area contributed by atoms with E-state index >= 15 is 0 Å². The van der Waals surface area contributed by atoms with E-state index in [0.717, 1.165) is 79.3 Å². The normalized spacial score (nSPS) is 12.1. The van der Waals surface area contributed by atoms with Crippen LogP contribution in [-0.2, 0) is 6.42 Å². The SMILES string of the molecule is C1=c2ccccc2=Cc2c(oc3cccc(-c4ccccc4N(c4ccc(-c5cccc(-c6cccc7ccccc67)c5)cc4)c4ccc(-c5cccc(-n6c7ccccc7c7ccccc76)c5)cc4)c23)C1. The van der Waals surface area contributed by atoms with Crippen molar-refractivity contribution in [2.24, 2.45) is 0 Å². The van der Waals surface area contributed by atoms with Crippen molar-refractivity contribution in [3.05, 3.63) is 277 Å². The van der Waals surface area contributed by atoms with E-state index in [9.17, 15) is 0 Å². The maximum absolute atomic E-state index is 6.70. The van der Waals surface area contributed by atoms with E-state index in [2.05, 4.69) is 276 Å². The molecule has 0 bridgehead atoms. The Morgan fingerprint density at radius 1 is 0.389 bits per heavy atom. The van der Waals surface area contributed by atoms with Gasteiger partial charge in [0.1, 0.15) is 11.3 Å². The molecule has 0 unspecified atom stereocenters. The molecular weight excluding hydrogens is 873 g/mol. The van der Waals surface area contributed by atoms with Crippen molar-refractivity contribution in [3.63, 3.8) is 0 Å². The van der Waals surface area contributed by atoms with Crippen LogP contribution < -0.4 is 15.3 Å². The summed E-state index contributed by atoms with van der Waals surface area (Å²) in [6, 6.07) is 92.5. The van der Waals surface area contributed by atoms with Gasteiger partial charge in [-0.05, 0) is 133 Å².